The normalized spacial score (nSPS) is 28.5. The SMILES string of the molecule is COCCN(C(C)C)C1(CN)CCCC1S(C)(=O)=O. The van der Waals surface area contributed by atoms with Crippen LogP contribution in [0.4, 0.5) is 0 Å². The molecule has 0 bridgehead atoms. The van der Waals surface area contributed by atoms with Gasteiger partial charge in [-0.05, 0) is 26.7 Å². The summed E-state index contributed by atoms with van der Waals surface area (Å²) < 4.78 is 29.4. The summed E-state index contributed by atoms with van der Waals surface area (Å²) in [6.07, 6.45) is 3.82. The fraction of sp³-hybridized carbons (Fsp3) is 1.00. The molecule has 5 nitrogen and oxygen atoms in total. The Bertz CT molecular complexity index is 383. The zero-order valence-electron chi connectivity index (χ0n) is 12.6. The molecule has 2 N–H and O–H groups in total. The Balaban J connectivity index is 3.11. The van der Waals surface area contributed by atoms with Crippen molar-refractivity contribution in [3.8, 4) is 0 Å². The molecule has 0 spiro atoms. The van der Waals surface area contributed by atoms with Crippen LogP contribution in [0.5, 0.6) is 0 Å². The van der Waals surface area contributed by atoms with E-state index in [2.05, 4.69) is 18.7 Å². The molecule has 2 atom stereocenters. The van der Waals surface area contributed by atoms with E-state index in [-0.39, 0.29) is 11.3 Å². The van der Waals surface area contributed by atoms with Crippen LogP contribution in [0.1, 0.15) is 33.1 Å². The van der Waals surface area contributed by atoms with Crippen LogP contribution in [-0.4, -0.2) is 63.2 Å². The summed E-state index contributed by atoms with van der Waals surface area (Å²) in [5, 5.41) is -0.357. The van der Waals surface area contributed by atoms with Gasteiger partial charge in [-0.15, -0.1) is 0 Å². The van der Waals surface area contributed by atoms with Gasteiger partial charge in [-0.3, -0.25) is 4.90 Å². The highest BCUT2D eigenvalue weighted by molar-refractivity contribution is 7.91. The van der Waals surface area contributed by atoms with Crippen molar-refractivity contribution in [3.05, 3.63) is 0 Å². The van der Waals surface area contributed by atoms with E-state index in [0.29, 0.717) is 19.6 Å². The highest BCUT2D eigenvalue weighted by Gasteiger charge is 2.51. The summed E-state index contributed by atoms with van der Waals surface area (Å²) in [4.78, 5) is 2.23. The van der Waals surface area contributed by atoms with Crippen molar-refractivity contribution in [2.75, 3.05) is 33.1 Å². The molecule has 1 rings (SSSR count). The van der Waals surface area contributed by atoms with Crippen LogP contribution in [0.15, 0.2) is 0 Å². The van der Waals surface area contributed by atoms with Crippen molar-refractivity contribution in [2.45, 2.75) is 49.9 Å². The Morgan fingerprint density at radius 3 is 2.53 bits per heavy atom. The van der Waals surface area contributed by atoms with Crippen molar-refractivity contribution in [3.63, 3.8) is 0 Å². The Morgan fingerprint density at radius 2 is 2.11 bits per heavy atom. The summed E-state index contributed by atoms with van der Waals surface area (Å²) in [6.45, 7) is 5.87. The Hall–Kier alpha value is -0.170. The van der Waals surface area contributed by atoms with Crippen LogP contribution < -0.4 is 5.73 Å². The summed E-state index contributed by atoms with van der Waals surface area (Å²) in [5.74, 6) is 0. The molecule has 0 saturated heterocycles. The van der Waals surface area contributed by atoms with E-state index in [9.17, 15) is 8.42 Å². The molecule has 2 unspecified atom stereocenters. The molecule has 0 aromatic rings. The molecule has 1 fully saturated rings. The van der Waals surface area contributed by atoms with Crippen LogP contribution in [0.2, 0.25) is 0 Å². The second-order valence-electron chi connectivity index (χ2n) is 5.80. The number of sulfone groups is 1. The van der Waals surface area contributed by atoms with Crippen LogP contribution in [0.25, 0.3) is 0 Å². The van der Waals surface area contributed by atoms with Gasteiger partial charge in [0.25, 0.3) is 0 Å². The van der Waals surface area contributed by atoms with Crippen molar-refractivity contribution in [1.29, 1.82) is 0 Å². The lowest BCUT2D eigenvalue weighted by Gasteiger charge is -2.46. The van der Waals surface area contributed by atoms with Crippen molar-refractivity contribution in [2.24, 2.45) is 5.73 Å². The van der Waals surface area contributed by atoms with Gasteiger partial charge < -0.3 is 10.5 Å². The zero-order chi connectivity index (χ0) is 14.7. The molecule has 0 heterocycles. The minimum atomic E-state index is -3.09. The predicted molar refractivity (Wildman–Crippen MR) is 78.0 cm³/mol. The van der Waals surface area contributed by atoms with Crippen LogP contribution in [0.3, 0.4) is 0 Å². The molecule has 19 heavy (non-hydrogen) atoms. The monoisotopic (exact) mass is 292 g/mol. The standard InChI is InChI=1S/C13H28N2O3S/c1-11(2)15(8-9-18-3)13(10-14)7-5-6-12(13)19(4,16)17/h11-12H,5-10,14H2,1-4H3. The molecular weight excluding hydrogens is 264 g/mol. The molecule has 114 valence electrons. The predicted octanol–water partition coefficient (Wildman–Crippen LogP) is 0.638. The molecule has 1 saturated carbocycles. The van der Waals surface area contributed by atoms with E-state index >= 15 is 0 Å². The lowest BCUT2D eigenvalue weighted by atomic mass is 9.93. The van der Waals surface area contributed by atoms with Gasteiger partial charge in [-0.25, -0.2) is 8.42 Å². The average molecular weight is 292 g/mol. The smallest absolute Gasteiger partial charge is 0.152 e. The van der Waals surface area contributed by atoms with Gasteiger partial charge in [0.1, 0.15) is 0 Å². The first-order valence-corrected chi connectivity index (χ1v) is 8.89. The zero-order valence-corrected chi connectivity index (χ0v) is 13.4. The number of hydrogen-bond donors (Lipinski definition) is 1. The summed E-state index contributed by atoms with van der Waals surface area (Å²) in [5.41, 5.74) is 5.59. The number of rotatable bonds is 7. The van der Waals surface area contributed by atoms with Gasteiger partial charge >= 0.3 is 0 Å². The van der Waals surface area contributed by atoms with Crippen LogP contribution in [0, 0.1) is 0 Å². The van der Waals surface area contributed by atoms with Gasteiger partial charge in [0.2, 0.25) is 0 Å². The van der Waals surface area contributed by atoms with Gasteiger partial charge in [0.05, 0.1) is 17.4 Å². The van der Waals surface area contributed by atoms with Crippen molar-refractivity contribution < 1.29 is 13.2 Å². The largest absolute Gasteiger partial charge is 0.383 e. The number of methoxy groups -OCH3 is 1. The van der Waals surface area contributed by atoms with Gasteiger partial charge in [-0.2, -0.15) is 0 Å². The molecule has 0 radical (unpaired) electrons. The maximum absolute atomic E-state index is 12.1. The van der Waals surface area contributed by atoms with Crippen molar-refractivity contribution >= 4 is 9.84 Å². The quantitative estimate of drug-likeness (QED) is 0.745. The first-order chi connectivity index (χ1) is 8.79. The third-order valence-corrected chi connectivity index (χ3v) is 5.99. The summed E-state index contributed by atoms with van der Waals surface area (Å²) >= 11 is 0. The molecule has 0 amide bonds. The maximum Gasteiger partial charge on any atom is 0.152 e. The number of ether oxygens (including phenoxy) is 1. The van der Waals surface area contributed by atoms with Gasteiger partial charge in [0, 0.05) is 32.5 Å². The molecular formula is C13H28N2O3S. The molecule has 0 aromatic heterocycles. The van der Waals surface area contributed by atoms with E-state index in [1.54, 1.807) is 7.11 Å². The third-order valence-electron chi connectivity index (χ3n) is 4.28. The van der Waals surface area contributed by atoms with Gasteiger partial charge in [-0.1, -0.05) is 6.42 Å². The Labute approximate surface area is 117 Å². The first-order valence-electron chi connectivity index (χ1n) is 6.94. The third kappa shape index (κ3) is 3.48. The van der Waals surface area contributed by atoms with Gasteiger partial charge in [0.15, 0.2) is 9.84 Å². The topological polar surface area (TPSA) is 72.6 Å². The minimum absolute atomic E-state index is 0.251. The average Bonchev–Trinajstić information content (AvgIpc) is 2.74. The van der Waals surface area contributed by atoms with E-state index in [1.165, 1.54) is 6.26 Å². The minimum Gasteiger partial charge on any atom is -0.383 e. The summed E-state index contributed by atoms with van der Waals surface area (Å²) in [6, 6.07) is 0.251. The second-order valence-corrected chi connectivity index (χ2v) is 8.03. The Morgan fingerprint density at radius 1 is 1.47 bits per heavy atom. The first kappa shape index (κ1) is 16.9. The number of nitrogens with zero attached hydrogens (tertiary/aromatic N) is 1. The van der Waals surface area contributed by atoms with E-state index in [4.69, 9.17) is 10.5 Å². The molecule has 1 aliphatic rings. The molecule has 0 aromatic carbocycles. The maximum atomic E-state index is 12.1. The van der Waals surface area contributed by atoms with Crippen LogP contribution in [-0.2, 0) is 14.6 Å². The van der Waals surface area contributed by atoms with Crippen molar-refractivity contribution in [1.82, 2.24) is 4.90 Å². The highest BCUT2D eigenvalue weighted by Crippen LogP contribution is 2.39. The molecule has 6 heteroatoms. The molecule has 1 aliphatic carbocycles. The molecule has 0 aliphatic heterocycles. The fourth-order valence-corrected chi connectivity index (χ4v) is 5.24. The fourth-order valence-electron chi connectivity index (χ4n) is 3.50. The lowest BCUT2D eigenvalue weighted by Crippen LogP contribution is -2.63. The lowest BCUT2D eigenvalue weighted by molar-refractivity contribution is 0.0396. The summed E-state index contributed by atoms with van der Waals surface area (Å²) in [7, 11) is -1.43. The van der Waals surface area contributed by atoms with E-state index in [1.807, 2.05) is 0 Å². The number of hydrogen-bond acceptors (Lipinski definition) is 5. The van der Waals surface area contributed by atoms with E-state index in [0.717, 1.165) is 19.4 Å². The second kappa shape index (κ2) is 6.52. The Kier molecular flexibility index (Phi) is 5.79. The van der Waals surface area contributed by atoms with Crippen LogP contribution >= 0.6 is 0 Å². The highest BCUT2D eigenvalue weighted by atomic mass is 32.2. The number of nitrogens with two attached hydrogens (primary N) is 1. The van der Waals surface area contributed by atoms with E-state index < -0.39 is 15.4 Å².